The van der Waals surface area contributed by atoms with E-state index in [0.717, 1.165) is 25.9 Å². The Morgan fingerprint density at radius 2 is 2.15 bits per heavy atom. The van der Waals surface area contributed by atoms with E-state index in [1.165, 1.54) is 4.90 Å². The molecule has 6 nitrogen and oxygen atoms in total. The summed E-state index contributed by atoms with van der Waals surface area (Å²) in [5, 5.41) is 8.92. The molecule has 0 aromatic carbocycles. The fourth-order valence-corrected chi connectivity index (χ4v) is 2.56. The van der Waals surface area contributed by atoms with Crippen LogP contribution < -0.4 is 0 Å². The Morgan fingerprint density at radius 1 is 1.45 bits per heavy atom. The number of rotatable bonds is 5. The highest BCUT2D eigenvalue weighted by Gasteiger charge is 2.29. The second kappa shape index (κ2) is 7.89. The second-order valence-electron chi connectivity index (χ2n) is 5.22. The molecule has 0 radical (unpaired) electrons. The van der Waals surface area contributed by atoms with Crippen molar-refractivity contribution in [1.82, 2.24) is 14.7 Å². The van der Waals surface area contributed by atoms with Crippen molar-refractivity contribution in [2.24, 2.45) is 0 Å². The summed E-state index contributed by atoms with van der Waals surface area (Å²) in [4.78, 5) is 28.8. The van der Waals surface area contributed by atoms with Gasteiger partial charge in [0.15, 0.2) is 0 Å². The maximum Gasteiger partial charge on any atom is 0.323 e. The monoisotopic (exact) mass is 283 g/mol. The first-order valence-corrected chi connectivity index (χ1v) is 7.06. The molecule has 0 spiro atoms. The van der Waals surface area contributed by atoms with Gasteiger partial charge in [0.1, 0.15) is 6.54 Å². The fraction of sp³-hybridized carbons (Fsp3) is 0.714. The van der Waals surface area contributed by atoms with Gasteiger partial charge in [-0.05, 0) is 26.4 Å². The van der Waals surface area contributed by atoms with Crippen molar-refractivity contribution in [3.05, 3.63) is 12.7 Å². The van der Waals surface area contributed by atoms with E-state index in [1.807, 2.05) is 4.90 Å². The number of carboxylic acid groups (broad SMARTS) is 1. The lowest BCUT2D eigenvalue weighted by atomic mass is 10.2. The van der Waals surface area contributed by atoms with Crippen LogP contribution in [0.25, 0.3) is 0 Å². The predicted molar refractivity (Wildman–Crippen MR) is 77.7 cm³/mol. The average molecular weight is 283 g/mol. The molecular formula is C14H25N3O3. The van der Waals surface area contributed by atoms with E-state index in [1.54, 1.807) is 6.08 Å². The number of hydrogen-bond acceptors (Lipinski definition) is 3. The Bertz CT molecular complexity index is 360. The van der Waals surface area contributed by atoms with Gasteiger partial charge in [0.25, 0.3) is 0 Å². The standard InChI is InChI=1S/C14H25N3O3/c1-4-7-16(11-13(18)19)14(20)17-9-6-8-15(3)10-12(17)5-2/h4,12H,1,5-11H2,2-3H3,(H,18,19). The summed E-state index contributed by atoms with van der Waals surface area (Å²) in [5.41, 5.74) is 0. The minimum Gasteiger partial charge on any atom is -0.480 e. The molecule has 6 heteroatoms. The summed E-state index contributed by atoms with van der Waals surface area (Å²) in [6, 6.07) is -0.0643. The van der Waals surface area contributed by atoms with Gasteiger partial charge in [0.05, 0.1) is 0 Å². The molecule has 1 saturated heterocycles. The largest absolute Gasteiger partial charge is 0.480 e. The van der Waals surface area contributed by atoms with E-state index in [0.29, 0.717) is 6.54 Å². The number of carboxylic acids is 1. The zero-order valence-corrected chi connectivity index (χ0v) is 12.4. The van der Waals surface area contributed by atoms with Crippen molar-refractivity contribution >= 4 is 12.0 Å². The molecule has 1 N–H and O–H groups in total. The molecule has 0 aromatic heterocycles. The Balaban J connectivity index is 2.83. The predicted octanol–water partition coefficient (Wildman–Crippen LogP) is 1.10. The van der Waals surface area contributed by atoms with Gasteiger partial charge < -0.3 is 19.8 Å². The number of nitrogens with zero attached hydrogens (tertiary/aromatic N) is 3. The van der Waals surface area contributed by atoms with Gasteiger partial charge >= 0.3 is 12.0 Å². The maximum atomic E-state index is 12.6. The first-order chi connectivity index (χ1) is 9.49. The SMILES string of the molecule is C=CCN(CC(=O)O)C(=O)N1CCCN(C)CC1CC. The highest BCUT2D eigenvalue weighted by molar-refractivity contribution is 5.80. The van der Waals surface area contributed by atoms with E-state index in [4.69, 9.17) is 5.11 Å². The molecule has 1 fully saturated rings. The van der Waals surface area contributed by atoms with Crippen molar-refractivity contribution in [3.8, 4) is 0 Å². The highest BCUT2D eigenvalue weighted by atomic mass is 16.4. The normalized spacial score (nSPS) is 20.3. The number of likely N-dealkylation sites (N-methyl/N-ethyl adjacent to an activating group) is 1. The van der Waals surface area contributed by atoms with E-state index < -0.39 is 5.97 Å². The van der Waals surface area contributed by atoms with Gasteiger partial charge in [-0.1, -0.05) is 13.0 Å². The Labute approximate surface area is 120 Å². The third-order valence-corrected chi connectivity index (χ3v) is 3.57. The molecule has 20 heavy (non-hydrogen) atoms. The van der Waals surface area contributed by atoms with Crippen LogP contribution in [0.1, 0.15) is 19.8 Å². The summed E-state index contributed by atoms with van der Waals surface area (Å²) in [6.45, 7) is 8.09. The molecule has 0 aromatic rings. The van der Waals surface area contributed by atoms with Crippen LogP contribution in [-0.2, 0) is 4.79 Å². The number of amides is 2. The third-order valence-electron chi connectivity index (χ3n) is 3.57. The molecule has 1 heterocycles. The molecule has 0 bridgehead atoms. The fourth-order valence-electron chi connectivity index (χ4n) is 2.56. The minimum atomic E-state index is -1.000. The lowest BCUT2D eigenvalue weighted by Crippen LogP contribution is -2.51. The highest BCUT2D eigenvalue weighted by Crippen LogP contribution is 2.14. The molecular weight excluding hydrogens is 258 g/mol. The van der Waals surface area contributed by atoms with Crippen molar-refractivity contribution in [2.45, 2.75) is 25.8 Å². The number of hydrogen-bond donors (Lipinski definition) is 1. The molecule has 1 aliphatic rings. The Hall–Kier alpha value is -1.56. The van der Waals surface area contributed by atoms with Crippen molar-refractivity contribution in [2.75, 3.05) is 39.8 Å². The summed E-state index contributed by atoms with van der Waals surface area (Å²) >= 11 is 0. The summed E-state index contributed by atoms with van der Waals surface area (Å²) in [6.07, 6.45) is 3.34. The van der Waals surface area contributed by atoms with Crippen LogP contribution >= 0.6 is 0 Å². The Kier molecular flexibility index (Phi) is 6.51. The van der Waals surface area contributed by atoms with Gasteiger partial charge in [-0.3, -0.25) is 4.79 Å². The zero-order chi connectivity index (χ0) is 15.1. The van der Waals surface area contributed by atoms with Crippen LogP contribution in [0.4, 0.5) is 4.79 Å². The van der Waals surface area contributed by atoms with Crippen LogP contribution in [0.15, 0.2) is 12.7 Å². The lowest BCUT2D eigenvalue weighted by molar-refractivity contribution is -0.137. The molecule has 2 amide bonds. The number of urea groups is 1. The van der Waals surface area contributed by atoms with Gasteiger partial charge in [-0.25, -0.2) is 4.79 Å². The van der Waals surface area contributed by atoms with E-state index >= 15 is 0 Å². The number of carbonyl (C=O) groups is 2. The van der Waals surface area contributed by atoms with Crippen LogP contribution in [-0.4, -0.2) is 77.6 Å². The molecule has 1 unspecified atom stereocenters. The Morgan fingerprint density at radius 3 is 2.70 bits per heavy atom. The summed E-state index contributed by atoms with van der Waals surface area (Å²) in [5.74, 6) is -1.000. The van der Waals surface area contributed by atoms with Gasteiger partial charge in [-0.15, -0.1) is 6.58 Å². The van der Waals surface area contributed by atoms with Crippen molar-refractivity contribution in [3.63, 3.8) is 0 Å². The molecule has 1 atom stereocenters. The molecule has 114 valence electrons. The maximum absolute atomic E-state index is 12.6. The van der Waals surface area contributed by atoms with E-state index in [2.05, 4.69) is 25.5 Å². The molecule has 0 aliphatic carbocycles. The van der Waals surface area contributed by atoms with Gasteiger partial charge in [-0.2, -0.15) is 0 Å². The lowest BCUT2D eigenvalue weighted by Gasteiger charge is -2.34. The summed E-state index contributed by atoms with van der Waals surface area (Å²) in [7, 11) is 2.05. The topological polar surface area (TPSA) is 64.1 Å². The number of carbonyl (C=O) groups excluding carboxylic acids is 1. The van der Waals surface area contributed by atoms with Crippen LogP contribution in [0.2, 0.25) is 0 Å². The van der Waals surface area contributed by atoms with Crippen LogP contribution in [0, 0.1) is 0 Å². The van der Waals surface area contributed by atoms with Crippen LogP contribution in [0.3, 0.4) is 0 Å². The number of aliphatic carboxylic acids is 1. The first kappa shape index (κ1) is 16.5. The minimum absolute atomic E-state index is 0.135. The third kappa shape index (κ3) is 4.52. The quantitative estimate of drug-likeness (QED) is 0.767. The van der Waals surface area contributed by atoms with Crippen molar-refractivity contribution < 1.29 is 14.7 Å². The zero-order valence-electron chi connectivity index (χ0n) is 12.4. The molecule has 1 aliphatic heterocycles. The molecule has 1 rings (SSSR count). The second-order valence-corrected chi connectivity index (χ2v) is 5.22. The van der Waals surface area contributed by atoms with E-state index in [-0.39, 0.29) is 25.2 Å². The van der Waals surface area contributed by atoms with Crippen LogP contribution in [0.5, 0.6) is 0 Å². The average Bonchev–Trinajstić information content (AvgIpc) is 2.58. The molecule has 0 saturated carbocycles. The first-order valence-electron chi connectivity index (χ1n) is 7.06. The smallest absolute Gasteiger partial charge is 0.323 e. The van der Waals surface area contributed by atoms with Crippen molar-refractivity contribution in [1.29, 1.82) is 0 Å². The summed E-state index contributed by atoms with van der Waals surface area (Å²) < 4.78 is 0. The van der Waals surface area contributed by atoms with Gasteiger partial charge in [0, 0.05) is 25.7 Å². The van der Waals surface area contributed by atoms with Gasteiger partial charge in [0.2, 0.25) is 0 Å². The van der Waals surface area contributed by atoms with E-state index in [9.17, 15) is 9.59 Å².